The molecule has 0 aliphatic heterocycles. The van der Waals surface area contributed by atoms with Gasteiger partial charge in [0.2, 0.25) is 0 Å². The van der Waals surface area contributed by atoms with Crippen LogP contribution >= 0.6 is 0 Å². The summed E-state index contributed by atoms with van der Waals surface area (Å²) in [4.78, 5) is 2.40. The molecule has 1 saturated carbocycles. The van der Waals surface area contributed by atoms with Gasteiger partial charge in [-0.25, -0.2) is 0 Å². The lowest BCUT2D eigenvalue weighted by Gasteiger charge is -2.31. The first kappa shape index (κ1) is 12.7. The molecule has 2 N–H and O–H groups in total. The second kappa shape index (κ2) is 5.69. The predicted octanol–water partition coefficient (Wildman–Crippen LogP) is 2.68. The van der Waals surface area contributed by atoms with E-state index in [-0.39, 0.29) is 0 Å². The van der Waals surface area contributed by atoms with E-state index >= 15 is 0 Å². The van der Waals surface area contributed by atoms with Crippen molar-refractivity contribution in [2.75, 3.05) is 7.05 Å². The summed E-state index contributed by atoms with van der Waals surface area (Å²) in [5.74, 6) is 1.03. The quantitative estimate of drug-likeness (QED) is 0.820. The minimum atomic E-state index is 0.328. The fourth-order valence-electron chi connectivity index (χ4n) is 2.83. The van der Waals surface area contributed by atoms with Gasteiger partial charge in [-0.15, -0.1) is 0 Å². The number of furan rings is 1. The number of aryl methyl sites for hydroxylation is 1. The van der Waals surface area contributed by atoms with Crippen molar-refractivity contribution in [3.05, 3.63) is 23.7 Å². The van der Waals surface area contributed by atoms with Crippen molar-refractivity contribution in [2.24, 2.45) is 5.73 Å². The van der Waals surface area contributed by atoms with Gasteiger partial charge in [0.1, 0.15) is 5.76 Å². The summed E-state index contributed by atoms with van der Waals surface area (Å²) in [7, 11) is 2.18. The fraction of sp³-hybridized carbons (Fsp3) is 0.714. The van der Waals surface area contributed by atoms with E-state index in [1.807, 2.05) is 6.92 Å². The number of nitrogens with zero attached hydrogens (tertiary/aromatic N) is 1. The Morgan fingerprint density at radius 3 is 2.82 bits per heavy atom. The van der Waals surface area contributed by atoms with E-state index in [1.165, 1.54) is 37.7 Å². The Morgan fingerprint density at radius 2 is 2.12 bits per heavy atom. The first-order valence-corrected chi connectivity index (χ1v) is 6.67. The van der Waals surface area contributed by atoms with Gasteiger partial charge in [0.05, 0.1) is 6.26 Å². The molecule has 1 aromatic rings. The molecule has 2 unspecified atom stereocenters. The summed E-state index contributed by atoms with van der Waals surface area (Å²) in [6, 6.07) is 2.91. The van der Waals surface area contributed by atoms with Crippen molar-refractivity contribution < 1.29 is 4.42 Å². The van der Waals surface area contributed by atoms with Crippen molar-refractivity contribution >= 4 is 0 Å². The van der Waals surface area contributed by atoms with Crippen molar-refractivity contribution in [1.82, 2.24) is 4.90 Å². The zero-order valence-electron chi connectivity index (χ0n) is 11.0. The van der Waals surface area contributed by atoms with Crippen molar-refractivity contribution in [3.8, 4) is 0 Å². The third-order valence-electron chi connectivity index (χ3n) is 3.98. The highest BCUT2D eigenvalue weighted by molar-refractivity contribution is 5.15. The lowest BCUT2D eigenvalue weighted by molar-refractivity contribution is 0.192. The van der Waals surface area contributed by atoms with Crippen molar-refractivity contribution in [1.29, 1.82) is 0 Å². The number of likely N-dealkylation sites (N-methyl/N-ethyl adjacent to an activating group) is 1. The minimum absolute atomic E-state index is 0.328. The molecule has 17 heavy (non-hydrogen) atoms. The Bertz CT molecular complexity index is 348. The van der Waals surface area contributed by atoms with E-state index in [0.29, 0.717) is 12.1 Å². The first-order valence-electron chi connectivity index (χ1n) is 6.67. The van der Waals surface area contributed by atoms with E-state index in [4.69, 9.17) is 10.2 Å². The van der Waals surface area contributed by atoms with E-state index in [9.17, 15) is 0 Å². The van der Waals surface area contributed by atoms with Crippen LogP contribution in [0, 0.1) is 6.92 Å². The molecule has 0 spiro atoms. The molecule has 0 aromatic carbocycles. The standard InChI is InChI=1S/C14H24N2O/c1-11-12(8-9-17-11)10-16(2)14-7-5-3-4-6-13(14)15/h8-9,13-14H,3-7,10,15H2,1-2H3. The molecule has 0 radical (unpaired) electrons. The molecule has 0 bridgehead atoms. The van der Waals surface area contributed by atoms with E-state index in [2.05, 4.69) is 18.0 Å². The van der Waals surface area contributed by atoms with Crippen molar-refractivity contribution in [2.45, 2.75) is 57.7 Å². The zero-order chi connectivity index (χ0) is 12.3. The van der Waals surface area contributed by atoms with Gasteiger partial charge >= 0.3 is 0 Å². The van der Waals surface area contributed by atoms with Crippen LogP contribution in [0.4, 0.5) is 0 Å². The summed E-state index contributed by atoms with van der Waals surface area (Å²) >= 11 is 0. The van der Waals surface area contributed by atoms with Crippen LogP contribution < -0.4 is 5.73 Å². The maximum absolute atomic E-state index is 6.28. The molecule has 1 fully saturated rings. The van der Waals surface area contributed by atoms with E-state index in [1.54, 1.807) is 6.26 Å². The van der Waals surface area contributed by atoms with Crippen LogP contribution in [0.2, 0.25) is 0 Å². The van der Waals surface area contributed by atoms with Gasteiger partial charge in [0.15, 0.2) is 0 Å². The lowest BCUT2D eigenvalue weighted by Crippen LogP contribution is -2.45. The Balaban J connectivity index is 1.98. The van der Waals surface area contributed by atoms with Gasteiger partial charge in [-0.05, 0) is 32.9 Å². The third kappa shape index (κ3) is 3.11. The molecule has 96 valence electrons. The minimum Gasteiger partial charge on any atom is -0.469 e. The van der Waals surface area contributed by atoms with Crippen molar-refractivity contribution in [3.63, 3.8) is 0 Å². The predicted molar refractivity (Wildman–Crippen MR) is 69.8 cm³/mol. The monoisotopic (exact) mass is 236 g/mol. The highest BCUT2D eigenvalue weighted by Gasteiger charge is 2.24. The van der Waals surface area contributed by atoms with Crippen LogP contribution in [0.5, 0.6) is 0 Å². The topological polar surface area (TPSA) is 42.4 Å². The summed E-state index contributed by atoms with van der Waals surface area (Å²) in [6.45, 7) is 2.97. The van der Waals surface area contributed by atoms with Gasteiger partial charge in [-0.2, -0.15) is 0 Å². The first-order chi connectivity index (χ1) is 8.18. The number of hydrogen-bond acceptors (Lipinski definition) is 3. The Hall–Kier alpha value is -0.800. The Labute approximate surface area is 104 Å². The van der Waals surface area contributed by atoms with Crippen LogP contribution in [-0.2, 0) is 6.54 Å². The molecule has 1 aliphatic rings. The van der Waals surface area contributed by atoms with Gasteiger partial charge in [-0.1, -0.05) is 19.3 Å². The molecule has 3 heteroatoms. The van der Waals surface area contributed by atoms with Crippen LogP contribution in [0.3, 0.4) is 0 Å². The molecule has 2 rings (SSSR count). The Morgan fingerprint density at radius 1 is 1.35 bits per heavy atom. The second-order valence-electron chi connectivity index (χ2n) is 5.29. The summed E-state index contributed by atoms with van der Waals surface area (Å²) in [5, 5.41) is 0. The van der Waals surface area contributed by atoms with Crippen LogP contribution in [0.25, 0.3) is 0 Å². The van der Waals surface area contributed by atoms with Gasteiger partial charge < -0.3 is 10.2 Å². The van der Waals surface area contributed by atoms with Crippen LogP contribution in [-0.4, -0.2) is 24.0 Å². The maximum atomic E-state index is 6.28. The third-order valence-corrected chi connectivity index (χ3v) is 3.98. The summed E-state index contributed by atoms with van der Waals surface area (Å²) < 4.78 is 5.35. The van der Waals surface area contributed by atoms with Gasteiger partial charge in [-0.3, -0.25) is 4.90 Å². The number of rotatable bonds is 3. The highest BCUT2D eigenvalue weighted by Crippen LogP contribution is 2.22. The SMILES string of the molecule is Cc1occc1CN(C)C1CCCCCC1N. The second-order valence-corrected chi connectivity index (χ2v) is 5.29. The average Bonchev–Trinajstić information content (AvgIpc) is 2.57. The molecular formula is C14H24N2O. The van der Waals surface area contributed by atoms with E-state index < -0.39 is 0 Å². The lowest BCUT2D eigenvalue weighted by atomic mass is 10.0. The highest BCUT2D eigenvalue weighted by atomic mass is 16.3. The normalized spacial score (nSPS) is 26.1. The molecule has 1 aliphatic carbocycles. The fourth-order valence-corrected chi connectivity index (χ4v) is 2.83. The van der Waals surface area contributed by atoms with Crippen LogP contribution in [0.15, 0.2) is 16.7 Å². The van der Waals surface area contributed by atoms with E-state index in [0.717, 1.165) is 12.3 Å². The molecule has 3 nitrogen and oxygen atoms in total. The summed E-state index contributed by atoms with van der Waals surface area (Å²) in [6.07, 6.45) is 8.10. The number of hydrogen-bond donors (Lipinski definition) is 1. The Kier molecular flexibility index (Phi) is 4.24. The average molecular weight is 236 g/mol. The van der Waals surface area contributed by atoms with Crippen LogP contribution in [0.1, 0.15) is 43.4 Å². The largest absolute Gasteiger partial charge is 0.469 e. The summed E-state index contributed by atoms with van der Waals surface area (Å²) in [5.41, 5.74) is 7.56. The molecule has 1 heterocycles. The van der Waals surface area contributed by atoms with Gasteiger partial charge in [0, 0.05) is 24.2 Å². The zero-order valence-corrected chi connectivity index (χ0v) is 11.0. The molecular weight excluding hydrogens is 212 g/mol. The molecule has 2 atom stereocenters. The smallest absolute Gasteiger partial charge is 0.105 e. The van der Waals surface area contributed by atoms with Gasteiger partial charge in [0.25, 0.3) is 0 Å². The maximum Gasteiger partial charge on any atom is 0.105 e. The number of nitrogens with two attached hydrogens (primary N) is 1. The molecule has 0 saturated heterocycles. The molecule has 0 amide bonds. The molecule has 1 aromatic heterocycles.